The number of aromatic nitrogens is 4. The van der Waals surface area contributed by atoms with Gasteiger partial charge < -0.3 is 0 Å². The maximum Gasteiger partial charge on any atom is 0.184 e. The summed E-state index contributed by atoms with van der Waals surface area (Å²) in [5, 5.41) is 5.17. The normalized spacial score (nSPS) is 17.0. The Bertz CT molecular complexity index is 918. The van der Waals surface area contributed by atoms with Crippen molar-refractivity contribution in [1.82, 2.24) is 19.7 Å². The van der Waals surface area contributed by atoms with Crippen LogP contribution >= 0.6 is 0 Å². The van der Waals surface area contributed by atoms with Gasteiger partial charge in [-0.05, 0) is 29.7 Å². The van der Waals surface area contributed by atoms with E-state index in [0.717, 1.165) is 23.9 Å². The van der Waals surface area contributed by atoms with Crippen LogP contribution in [0.1, 0.15) is 36.1 Å². The third-order valence-corrected chi connectivity index (χ3v) is 4.23. The Kier molecular flexibility index (Phi) is 3.18. The lowest BCUT2D eigenvalue weighted by Gasteiger charge is -2.10. The number of aryl methyl sites for hydroxylation is 1. The van der Waals surface area contributed by atoms with Crippen LogP contribution in [0.5, 0.6) is 0 Å². The van der Waals surface area contributed by atoms with Crippen molar-refractivity contribution in [3.63, 3.8) is 0 Å². The molecule has 23 heavy (non-hydrogen) atoms. The molecule has 1 aliphatic carbocycles. The third kappa shape index (κ3) is 2.21. The number of ketones is 1. The van der Waals surface area contributed by atoms with Gasteiger partial charge >= 0.3 is 0 Å². The van der Waals surface area contributed by atoms with E-state index in [1.807, 2.05) is 10.9 Å². The summed E-state index contributed by atoms with van der Waals surface area (Å²) in [6.07, 6.45) is 4.56. The Labute approximate surface area is 132 Å². The number of hydrogen-bond acceptors (Lipinski definition) is 4. The quantitative estimate of drug-likeness (QED) is 0.746. The number of halogens is 1. The van der Waals surface area contributed by atoms with E-state index in [1.54, 1.807) is 6.07 Å². The first-order valence-electron chi connectivity index (χ1n) is 7.66. The van der Waals surface area contributed by atoms with Crippen LogP contribution < -0.4 is 0 Å². The Morgan fingerprint density at radius 3 is 3.04 bits per heavy atom. The number of fused-ring (bicyclic) bond motifs is 2. The fraction of sp³-hybridized carbons (Fsp3) is 0.294. The summed E-state index contributed by atoms with van der Waals surface area (Å²) in [5.74, 6) is -0.838. The first kappa shape index (κ1) is 14.0. The molecule has 1 aromatic carbocycles. The van der Waals surface area contributed by atoms with Gasteiger partial charge in [0.25, 0.3) is 0 Å². The van der Waals surface area contributed by atoms with Crippen LogP contribution in [-0.2, 0) is 17.8 Å². The van der Waals surface area contributed by atoms with Crippen molar-refractivity contribution in [2.24, 2.45) is 0 Å². The summed E-state index contributed by atoms with van der Waals surface area (Å²) in [6, 6.07) is 4.51. The molecule has 0 radical (unpaired) electrons. The lowest BCUT2D eigenvalue weighted by atomic mass is 9.95. The summed E-state index contributed by atoms with van der Waals surface area (Å²) in [6.45, 7) is 2.85. The predicted molar refractivity (Wildman–Crippen MR) is 82.6 cm³/mol. The largest absolute Gasteiger partial charge is 0.298 e. The first-order valence-corrected chi connectivity index (χ1v) is 7.66. The highest BCUT2D eigenvalue weighted by Crippen LogP contribution is 2.37. The minimum absolute atomic E-state index is 0.0360. The zero-order chi connectivity index (χ0) is 16.0. The van der Waals surface area contributed by atoms with Gasteiger partial charge in [0.2, 0.25) is 0 Å². The van der Waals surface area contributed by atoms with Gasteiger partial charge in [0.1, 0.15) is 12.1 Å². The Hall–Kier alpha value is -2.63. The first-order chi connectivity index (χ1) is 11.2. The molecule has 116 valence electrons. The van der Waals surface area contributed by atoms with Crippen LogP contribution in [0.2, 0.25) is 0 Å². The highest BCUT2D eigenvalue weighted by molar-refractivity contribution is 5.98. The van der Waals surface area contributed by atoms with Gasteiger partial charge in [-0.3, -0.25) is 9.48 Å². The summed E-state index contributed by atoms with van der Waals surface area (Å²) in [7, 11) is 0. The van der Waals surface area contributed by atoms with E-state index in [4.69, 9.17) is 0 Å². The van der Waals surface area contributed by atoms with Crippen LogP contribution in [0.3, 0.4) is 0 Å². The van der Waals surface area contributed by atoms with Crippen LogP contribution in [0.15, 0.2) is 30.7 Å². The smallest absolute Gasteiger partial charge is 0.184 e. The number of carbonyl (C=O) groups is 1. The Balaban J connectivity index is 1.89. The number of nitrogens with zero attached hydrogens (tertiary/aromatic N) is 4. The van der Waals surface area contributed by atoms with Crippen molar-refractivity contribution in [3.8, 4) is 0 Å². The van der Waals surface area contributed by atoms with Crippen LogP contribution in [-0.4, -0.2) is 25.5 Å². The van der Waals surface area contributed by atoms with Gasteiger partial charge in [0, 0.05) is 19.2 Å². The lowest BCUT2D eigenvalue weighted by molar-refractivity contribution is -0.118. The average Bonchev–Trinajstić information content (AvgIpc) is 3.07. The maximum absolute atomic E-state index is 13.6. The molecule has 0 amide bonds. The molecule has 2 heterocycles. The molecule has 1 unspecified atom stereocenters. The van der Waals surface area contributed by atoms with E-state index in [9.17, 15) is 9.18 Å². The topological polar surface area (TPSA) is 60.7 Å². The molecule has 6 heteroatoms. The van der Waals surface area contributed by atoms with Gasteiger partial charge in [-0.2, -0.15) is 5.10 Å². The monoisotopic (exact) mass is 310 g/mol. The molecule has 0 spiro atoms. The molecule has 5 nitrogen and oxygen atoms in total. The van der Waals surface area contributed by atoms with Crippen molar-refractivity contribution >= 4 is 16.8 Å². The van der Waals surface area contributed by atoms with E-state index in [0.29, 0.717) is 23.3 Å². The minimum atomic E-state index is -0.537. The second kappa shape index (κ2) is 5.22. The van der Waals surface area contributed by atoms with Crippen LogP contribution in [0.25, 0.3) is 11.0 Å². The molecular formula is C17H15FN4O. The van der Waals surface area contributed by atoms with E-state index in [1.165, 1.54) is 18.5 Å². The molecule has 3 aromatic rings. The van der Waals surface area contributed by atoms with E-state index < -0.39 is 5.92 Å². The molecule has 4 rings (SSSR count). The van der Waals surface area contributed by atoms with Gasteiger partial charge in [-0.1, -0.05) is 13.0 Å². The molecule has 0 N–H and O–H groups in total. The summed E-state index contributed by atoms with van der Waals surface area (Å²) in [4.78, 5) is 21.0. The summed E-state index contributed by atoms with van der Waals surface area (Å²) >= 11 is 0. The lowest BCUT2D eigenvalue weighted by Crippen LogP contribution is -2.10. The highest BCUT2D eigenvalue weighted by atomic mass is 19.1. The fourth-order valence-electron chi connectivity index (χ4n) is 3.23. The Morgan fingerprint density at radius 2 is 2.22 bits per heavy atom. The maximum atomic E-state index is 13.6. The van der Waals surface area contributed by atoms with Gasteiger partial charge in [-0.25, -0.2) is 14.4 Å². The second-order valence-electron chi connectivity index (χ2n) is 5.81. The van der Waals surface area contributed by atoms with E-state index >= 15 is 0 Å². The Morgan fingerprint density at radius 1 is 1.35 bits per heavy atom. The zero-order valence-electron chi connectivity index (χ0n) is 12.7. The molecule has 1 aliphatic rings. The molecular weight excluding hydrogens is 295 g/mol. The predicted octanol–water partition coefficient (Wildman–Crippen LogP) is 2.63. The van der Waals surface area contributed by atoms with E-state index in [-0.39, 0.29) is 11.6 Å². The van der Waals surface area contributed by atoms with Crippen molar-refractivity contribution in [2.45, 2.75) is 32.2 Å². The molecule has 0 aliphatic heterocycles. The third-order valence-electron chi connectivity index (χ3n) is 4.23. The van der Waals surface area contributed by atoms with Gasteiger partial charge in [-0.15, -0.1) is 0 Å². The fourth-order valence-corrected chi connectivity index (χ4v) is 3.23. The zero-order valence-corrected chi connectivity index (χ0v) is 12.7. The van der Waals surface area contributed by atoms with Crippen molar-refractivity contribution in [1.29, 1.82) is 0 Å². The molecule has 0 fully saturated rings. The number of carbonyl (C=O) groups excluding carboxylic acids is 1. The average molecular weight is 310 g/mol. The van der Waals surface area contributed by atoms with Crippen molar-refractivity contribution < 1.29 is 9.18 Å². The summed E-state index contributed by atoms with van der Waals surface area (Å²) in [5.41, 5.74) is 2.76. The second-order valence-corrected chi connectivity index (χ2v) is 5.81. The van der Waals surface area contributed by atoms with E-state index in [2.05, 4.69) is 22.0 Å². The van der Waals surface area contributed by atoms with Gasteiger partial charge in [0.05, 0.1) is 17.0 Å². The van der Waals surface area contributed by atoms with Gasteiger partial charge in [0.15, 0.2) is 11.4 Å². The highest BCUT2D eigenvalue weighted by Gasteiger charge is 2.34. The molecule has 0 saturated carbocycles. The number of Topliss-reactive ketones (excluding diaryl/α,β-unsaturated/α-hetero) is 1. The summed E-state index contributed by atoms with van der Waals surface area (Å²) < 4.78 is 15.5. The molecule has 0 bridgehead atoms. The standard InChI is InChI=1S/C17H15FN4O/c1-2-5-22-8-13-16(19-9-20-17(13)21-22)15-12-7-11(18)4-3-10(12)6-14(15)23/h3-4,7-9,15H,2,5-6H2,1H3. The minimum Gasteiger partial charge on any atom is -0.298 e. The number of hydrogen-bond donors (Lipinski definition) is 0. The SMILES string of the molecule is CCCn1cc2c(C3C(=O)Cc4ccc(F)cc43)ncnc2n1. The van der Waals surface area contributed by atoms with Crippen molar-refractivity contribution in [3.05, 3.63) is 53.4 Å². The number of benzene rings is 1. The van der Waals surface area contributed by atoms with Crippen molar-refractivity contribution in [2.75, 3.05) is 0 Å². The molecule has 1 atom stereocenters. The molecule has 2 aromatic heterocycles. The molecule has 0 saturated heterocycles. The number of rotatable bonds is 3. The van der Waals surface area contributed by atoms with Crippen LogP contribution in [0, 0.1) is 5.82 Å². The van der Waals surface area contributed by atoms with Crippen LogP contribution in [0.4, 0.5) is 4.39 Å².